The van der Waals surface area contributed by atoms with Gasteiger partial charge in [0, 0.05) is 27.8 Å². The van der Waals surface area contributed by atoms with Crippen LogP contribution in [0.1, 0.15) is 74.0 Å². The first kappa shape index (κ1) is 22.9. The van der Waals surface area contributed by atoms with Gasteiger partial charge >= 0.3 is 5.97 Å². The number of carbonyl (C=O) groups excluding carboxylic acids is 5. The minimum atomic E-state index is -1.44. The van der Waals surface area contributed by atoms with Crippen molar-refractivity contribution in [3.05, 3.63) is 117 Å². The molecule has 0 bridgehead atoms. The van der Waals surface area contributed by atoms with E-state index >= 15 is 0 Å². The predicted molar refractivity (Wildman–Crippen MR) is 129 cm³/mol. The third kappa shape index (κ3) is 2.96. The molecule has 2 aliphatic rings. The lowest BCUT2D eigenvalue weighted by atomic mass is 9.81. The lowest BCUT2D eigenvalue weighted by Gasteiger charge is -2.22. The number of carbonyl (C=O) groups is 5. The van der Waals surface area contributed by atoms with E-state index in [1.165, 1.54) is 54.6 Å². The fourth-order valence-corrected chi connectivity index (χ4v) is 4.84. The van der Waals surface area contributed by atoms with Crippen molar-refractivity contribution in [3.63, 3.8) is 0 Å². The molecule has 38 heavy (non-hydrogen) atoms. The summed E-state index contributed by atoms with van der Waals surface area (Å²) >= 11 is 0. The molecule has 4 aromatic rings. The SMILES string of the molecule is O=C1c2ccccc2C(=O)c2c(OC(=O)c3c(O)c(O)c4c(c3O)C(=O)c3ccccc3C4=O)cccc21. The van der Waals surface area contributed by atoms with Gasteiger partial charge in [0.15, 0.2) is 34.6 Å². The molecule has 0 fully saturated rings. The number of rotatable bonds is 2. The number of phenols is 3. The van der Waals surface area contributed by atoms with E-state index in [0.29, 0.717) is 0 Å². The number of benzene rings is 4. The van der Waals surface area contributed by atoms with E-state index in [2.05, 4.69) is 0 Å². The highest BCUT2D eigenvalue weighted by Gasteiger charge is 2.40. The molecule has 3 N–H and O–H groups in total. The molecule has 0 aliphatic heterocycles. The Morgan fingerprint density at radius 1 is 0.500 bits per heavy atom. The molecule has 0 aromatic heterocycles. The summed E-state index contributed by atoms with van der Waals surface area (Å²) in [5.41, 5.74) is -2.36. The van der Waals surface area contributed by atoms with Gasteiger partial charge in [-0.1, -0.05) is 60.7 Å². The number of phenolic OH excluding ortho intramolecular Hbond substituents is 3. The first-order valence-electron chi connectivity index (χ1n) is 11.2. The van der Waals surface area contributed by atoms with Crippen LogP contribution in [-0.2, 0) is 0 Å². The zero-order valence-corrected chi connectivity index (χ0v) is 19.1. The molecule has 0 heterocycles. The third-order valence-corrected chi connectivity index (χ3v) is 6.61. The smallest absolute Gasteiger partial charge is 0.351 e. The maximum Gasteiger partial charge on any atom is 0.351 e. The minimum absolute atomic E-state index is 0.0156. The van der Waals surface area contributed by atoms with Crippen molar-refractivity contribution in [2.24, 2.45) is 0 Å². The maximum absolute atomic E-state index is 13.2. The lowest BCUT2D eigenvalue weighted by Crippen LogP contribution is -2.24. The first-order valence-corrected chi connectivity index (χ1v) is 11.2. The largest absolute Gasteiger partial charge is 0.506 e. The molecule has 0 atom stereocenters. The Hall–Kier alpha value is -5.57. The summed E-state index contributed by atoms with van der Waals surface area (Å²) in [6.07, 6.45) is 0. The normalized spacial score (nSPS) is 13.4. The molecule has 184 valence electrons. The average Bonchev–Trinajstić information content (AvgIpc) is 2.92. The Morgan fingerprint density at radius 2 is 0.947 bits per heavy atom. The van der Waals surface area contributed by atoms with Gasteiger partial charge < -0.3 is 20.1 Å². The molecular weight excluding hydrogens is 492 g/mol. The molecule has 0 amide bonds. The number of hydrogen-bond acceptors (Lipinski definition) is 9. The molecule has 9 heteroatoms. The van der Waals surface area contributed by atoms with E-state index in [4.69, 9.17) is 4.74 Å². The first-order chi connectivity index (χ1) is 18.2. The van der Waals surface area contributed by atoms with E-state index < -0.39 is 63.0 Å². The van der Waals surface area contributed by atoms with E-state index in [9.17, 15) is 39.3 Å². The summed E-state index contributed by atoms with van der Waals surface area (Å²) < 4.78 is 5.33. The van der Waals surface area contributed by atoms with Crippen molar-refractivity contribution in [3.8, 4) is 23.0 Å². The number of ketones is 4. The predicted octanol–water partition coefficient (Wildman–Crippen LogP) is 3.57. The molecule has 0 saturated carbocycles. The van der Waals surface area contributed by atoms with Gasteiger partial charge in [-0.3, -0.25) is 19.2 Å². The summed E-state index contributed by atoms with van der Waals surface area (Å²) in [6.45, 7) is 0. The maximum atomic E-state index is 13.2. The van der Waals surface area contributed by atoms with Gasteiger partial charge in [0.1, 0.15) is 17.1 Å². The number of ether oxygens (including phenoxy) is 1. The van der Waals surface area contributed by atoms with Crippen molar-refractivity contribution in [1.29, 1.82) is 0 Å². The van der Waals surface area contributed by atoms with Crippen LogP contribution in [0, 0.1) is 0 Å². The van der Waals surface area contributed by atoms with Crippen LogP contribution in [0.5, 0.6) is 23.0 Å². The molecule has 6 rings (SSSR count). The van der Waals surface area contributed by atoms with Crippen LogP contribution in [0.15, 0.2) is 66.7 Å². The molecule has 0 radical (unpaired) electrons. The van der Waals surface area contributed by atoms with Gasteiger partial charge in [0.25, 0.3) is 0 Å². The molecule has 2 aliphatic carbocycles. The summed E-state index contributed by atoms with van der Waals surface area (Å²) in [5.74, 6) is -7.88. The molecular formula is C29H14O9. The van der Waals surface area contributed by atoms with E-state index in [1.807, 2.05) is 0 Å². The second kappa shape index (κ2) is 7.97. The van der Waals surface area contributed by atoms with Crippen LogP contribution in [0.25, 0.3) is 0 Å². The Balaban J connectivity index is 1.47. The van der Waals surface area contributed by atoms with Gasteiger partial charge in [-0.15, -0.1) is 0 Å². The lowest BCUT2D eigenvalue weighted by molar-refractivity contribution is 0.0723. The Bertz CT molecular complexity index is 1810. The second-order valence-corrected chi connectivity index (χ2v) is 8.65. The number of hydrogen-bond donors (Lipinski definition) is 3. The summed E-state index contributed by atoms with van der Waals surface area (Å²) in [6, 6.07) is 15.8. The zero-order chi connectivity index (χ0) is 26.9. The number of esters is 1. The standard InChI is InChI=1S/C29H14O9/c30-22-12-6-1-2-7-13(12)23(31)18-16(22)10-5-11-17(18)38-29(37)21-26(34)19-20(27(35)28(21)36)25(33)15-9-4-3-8-14(15)24(19)32/h1-11,34-36H. The number of fused-ring (bicyclic) bond motifs is 4. The van der Waals surface area contributed by atoms with Crippen LogP contribution in [0.3, 0.4) is 0 Å². The molecule has 9 nitrogen and oxygen atoms in total. The summed E-state index contributed by atoms with van der Waals surface area (Å²) in [5, 5.41) is 32.1. The highest BCUT2D eigenvalue weighted by molar-refractivity contribution is 6.32. The van der Waals surface area contributed by atoms with Crippen molar-refractivity contribution >= 4 is 29.1 Å². The zero-order valence-electron chi connectivity index (χ0n) is 19.1. The van der Waals surface area contributed by atoms with Crippen molar-refractivity contribution in [2.75, 3.05) is 0 Å². The minimum Gasteiger partial charge on any atom is -0.506 e. The Morgan fingerprint density at radius 3 is 1.50 bits per heavy atom. The van der Waals surface area contributed by atoms with Crippen molar-refractivity contribution in [1.82, 2.24) is 0 Å². The fraction of sp³-hybridized carbons (Fsp3) is 0. The van der Waals surface area contributed by atoms with Crippen molar-refractivity contribution < 1.29 is 44.0 Å². The van der Waals surface area contributed by atoms with Crippen LogP contribution in [0.4, 0.5) is 0 Å². The average molecular weight is 506 g/mol. The van der Waals surface area contributed by atoms with Crippen LogP contribution in [0.2, 0.25) is 0 Å². The van der Waals surface area contributed by atoms with Gasteiger partial charge in [-0.25, -0.2) is 4.79 Å². The molecule has 0 spiro atoms. The Kier molecular flexibility index (Phi) is 4.80. The van der Waals surface area contributed by atoms with Crippen LogP contribution < -0.4 is 4.74 Å². The monoisotopic (exact) mass is 506 g/mol. The van der Waals surface area contributed by atoms with Crippen LogP contribution in [-0.4, -0.2) is 44.4 Å². The topological polar surface area (TPSA) is 155 Å². The van der Waals surface area contributed by atoms with Crippen molar-refractivity contribution in [2.45, 2.75) is 0 Å². The Labute approximate surface area is 213 Å². The molecule has 0 unspecified atom stereocenters. The van der Waals surface area contributed by atoms with E-state index in [-0.39, 0.29) is 39.1 Å². The highest BCUT2D eigenvalue weighted by Crippen LogP contribution is 2.47. The molecule has 0 saturated heterocycles. The van der Waals surface area contributed by atoms with Crippen LogP contribution >= 0.6 is 0 Å². The highest BCUT2D eigenvalue weighted by atomic mass is 16.5. The van der Waals surface area contributed by atoms with Gasteiger partial charge in [-0.05, 0) is 6.07 Å². The molecule has 4 aromatic carbocycles. The number of aromatic hydroxyl groups is 3. The summed E-state index contributed by atoms with van der Waals surface area (Å²) in [4.78, 5) is 65.5. The summed E-state index contributed by atoms with van der Waals surface area (Å²) in [7, 11) is 0. The van der Waals surface area contributed by atoms with Gasteiger partial charge in [-0.2, -0.15) is 0 Å². The fourth-order valence-electron chi connectivity index (χ4n) is 4.84. The van der Waals surface area contributed by atoms with Gasteiger partial charge in [0.2, 0.25) is 0 Å². The third-order valence-electron chi connectivity index (χ3n) is 6.61. The van der Waals surface area contributed by atoms with E-state index in [1.54, 1.807) is 12.1 Å². The van der Waals surface area contributed by atoms with E-state index in [0.717, 1.165) is 0 Å². The second-order valence-electron chi connectivity index (χ2n) is 8.65. The quantitative estimate of drug-likeness (QED) is 0.138. The van der Waals surface area contributed by atoms with Gasteiger partial charge in [0.05, 0.1) is 16.7 Å².